The van der Waals surface area contributed by atoms with Crippen LogP contribution in [0.15, 0.2) is 24.3 Å². The van der Waals surface area contributed by atoms with Crippen molar-refractivity contribution < 1.29 is 4.79 Å². The third-order valence-corrected chi connectivity index (χ3v) is 3.54. The molecule has 0 aliphatic heterocycles. The van der Waals surface area contributed by atoms with Crippen LogP contribution in [-0.2, 0) is 11.3 Å². The van der Waals surface area contributed by atoms with Gasteiger partial charge in [0.1, 0.15) is 0 Å². The number of nitrogens with zero attached hydrogens (tertiary/aromatic N) is 1. The van der Waals surface area contributed by atoms with Gasteiger partial charge in [0.15, 0.2) is 0 Å². The fraction of sp³-hybridized carbons (Fsp3) is 0.562. The van der Waals surface area contributed by atoms with Crippen molar-refractivity contribution in [2.45, 2.75) is 33.7 Å². The Morgan fingerprint density at radius 3 is 2.65 bits per heavy atom. The van der Waals surface area contributed by atoms with Gasteiger partial charge >= 0.3 is 0 Å². The summed E-state index contributed by atoms with van der Waals surface area (Å²) in [7, 11) is 0. The van der Waals surface area contributed by atoms with E-state index >= 15 is 0 Å². The SMILES string of the molecule is CCN(CC)Cc1cccc(NC(=O)C(C)CCN)c1. The molecule has 0 saturated heterocycles. The van der Waals surface area contributed by atoms with Gasteiger partial charge in [0.2, 0.25) is 5.91 Å². The number of benzene rings is 1. The number of carbonyl (C=O) groups is 1. The van der Waals surface area contributed by atoms with Gasteiger partial charge in [-0.05, 0) is 43.8 Å². The molecule has 0 spiro atoms. The third-order valence-electron chi connectivity index (χ3n) is 3.54. The number of nitrogens with two attached hydrogens (primary N) is 1. The van der Waals surface area contributed by atoms with Gasteiger partial charge in [-0.2, -0.15) is 0 Å². The summed E-state index contributed by atoms with van der Waals surface area (Å²) in [4.78, 5) is 14.3. The molecule has 0 aromatic heterocycles. The summed E-state index contributed by atoms with van der Waals surface area (Å²) in [5, 5.41) is 2.96. The average molecular weight is 277 g/mol. The highest BCUT2D eigenvalue weighted by molar-refractivity contribution is 5.92. The van der Waals surface area contributed by atoms with E-state index in [1.165, 1.54) is 5.56 Å². The van der Waals surface area contributed by atoms with Crippen LogP contribution in [0, 0.1) is 5.92 Å². The monoisotopic (exact) mass is 277 g/mol. The lowest BCUT2D eigenvalue weighted by Crippen LogP contribution is -2.23. The molecule has 4 heteroatoms. The van der Waals surface area contributed by atoms with Gasteiger partial charge in [0, 0.05) is 18.2 Å². The molecule has 1 rings (SSSR count). The highest BCUT2D eigenvalue weighted by atomic mass is 16.1. The molecule has 0 aliphatic carbocycles. The zero-order chi connectivity index (χ0) is 15.0. The quantitative estimate of drug-likeness (QED) is 0.767. The number of anilines is 1. The fourth-order valence-corrected chi connectivity index (χ4v) is 2.10. The first-order valence-corrected chi connectivity index (χ1v) is 7.42. The lowest BCUT2D eigenvalue weighted by atomic mass is 10.1. The molecular weight excluding hydrogens is 250 g/mol. The average Bonchev–Trinajstić information content (AvgIpc) is 2.45. The van der Waals surface area contributed by atoms with E-state index in [1.807, 2.05) is 25.1 Å². The summed E-state index contributed by atoms with van der Waals surface area (Å²) in [6.07, 6.45) is 0.713. The van der Waals surface area contributed by atoms with Crippen LogP contribution in [-0.4, -0.2) is 30.4 Å². The summed E-state index contributed by atoms with van der Waals surface area (Å²) >= 11 is 0. The normalized spacial score (nSPS) is 12.4. The van der Waals surface area contributed by atoms with Gasteiger partial charge in [0.25, 0.3) is 0 Å². The highest BCUT2D eigenvalue weighted by Crippen LogP contribution is 2.14. The van der Waals surface area contributed by atoms with E-state index in [1.54, 1.807) is 0 Å². The molecule has 0 bridgehead atoms. The second-order valence-corrected chi connectivity index (χ2v) is 5.13. The van der Waals surface area contributed by atoms with Crippen LogP contribution in [0.4, 0.5) is 5.69 Å². The molecule has 20 heavy (non-hydrogen) atoms. The van der Waals surface area contributed by atoms with Crippen LogP contribution in [0.2, 0.25) is 0 Å². The molecular formula is C16H27N3O. The summed E-state index contributed by atoms with van der Waals surface area (Å²) in [5.74, 6) is -0.0122. The minimum Gasteiger partial charge on any atom is -0.330 e. The Labute approximate surface area is 122 Å². The fourth-order valence-electron chi connectivity index (χ4n) is 2.10. The maximum absolute atomic E-state index is 12.0. The number of hydrogen-bond donors (Lipinski definition) is 2. The van der Waals surface area contributed by atoms with Crippen LogP contribution in [0.5, 0.6) is 0 Å². The van der Waals surface area contributed by atoms with Crippen molar-refractivity contribution in [3.05, 3.63) is 29.8 Å². The van der Waals surface area contributed by atoms with Crippen molar-refractivity contribution in [1.29, 1.82) is 0 Å². The maximum atomic E-state index is 12.0. The van der Waals surface area contributed by atoms with Crippen molar-refractivity contribution in [2.75, 3.05) is 25.0 Å². The highest BCUT2D eigenvalue weighted by Gasteiger charge is 2.12. The van der Waals surface area contributed by atoms with Gasteiger partial charge in [0.05, 0.1) is 0 Å². The predicted molar refractivity (Wildman–Crippen MR) is 84.5 cm³/mol. The summed E-state index contributed by atoms with van der Waals surface area (Å²) in [6, 6.07) is 8.06. The van der Waals surface area contributed by atoms with E-state index in [2.05, 4.69) is 30.1 Å². The molecule has 0 aliphatic rings. The molecule has 0 radical (unpaired) electrons. The first-order valence-electron chi connectivity index (χ1n) is 7.42. The molecule has 1 aromatic rings. The smallest absolute Gasteiger partial charge is 0.227 e. The van der Waals surface area contributed by atoms with Crippen molar-refractivity contribution >= 4 is 11.6 Å². The first kappa shape index (κ1) is 16.7. The second-order valence-electron chi connectivity index (χ2n) is 5.13. The molecule has 1 amide bonds. The minimum absolute atomic E-state index is 0.0374. The number of hydrogen-bond acceptors (Lipinski definition) is 3. The van der Waals surface area contributed by atoms with E-state index < -0.39 is 0 Å². The molecule has 1 atom stereocenters. The predicted octanol–water partition coefficient (Wildman–Crippen LogP) is 2.45. The van der Waals surface area contributed by atoms with Crippen LogP contribution in [0.25, 0.3) is 0 Å². The molecule has 112 valence electrons. The summed E-state index contributed by atoms with van der Waals surface area (Å²) < 4.78 is 0. The van der Waals surface area contributed by atoms with Crippen LogP contribution >= 0.6 is 0 Å². The van der Waals surface area contributed by atoms with E-state index in [-0.39, 0.29) is 11.8 Å². The Morgan fingerprint density at radius 1 is 1.35 bits per heavy atom. The van der Waals surface area contributed by atoms with Gasteiger partial charge < -0.3 is 11.1 Å². The van der Waals surface area contributed by atoms with Crippen molar-refractivity contribution in [1.82, 2.24) is 4.90 Å². The molecule has 1 unspecified atom stereocenters. The Balaban J connectivity index is 2.66. The maximum Gasteiger partial charge on any atom is 0.227 e. The Morgan fingerprint density at radius 2 is 2.05 bits per heavy atom. The lowest BCUT2D eigenvalue weighted by Gasteiger charge is -2.18. The van der Waals surface area contributed by atoms with E-state index in [9.17, 15) is 4.79 Å². The van der Waals surface area contributed by atoms with Crippen LogP contribution in [0.1, 0.15) is 32.8 Å². The zero-order valence-corrected chi connectivity index (χ0v) is 12.9. The Bertz CT molecular complexity index is 416. The van der Waals surface area contributed by atoms with E-state index in [4.69, 9.17) is 5.73 Å². The summed E-state index contributed by atoms with van der Waals surface area (Å²) in [5.41, 5.74) is 7.57. The number of carbonyl (C=O) groups excluding carboxylic acids is 1. The molecule has 0 fully saturated rings. The minimum atomic E-state index is -0.0496. The van der Waals surface area contributed by atoms with Crippen molar-refractivity contribution in [3.63, 3.8) is 0 Å². The molecule has 0 saturated carbocycles. The second kappa shape index (κ2) is 8.72. The number of amides is 1. The van der Waals surface area contributed by atoms with Crippen molar-refractivity contribution in [2.24, 2.45) is 11.7 Å². The largest absolute Gasteiger partial charge is 0.330 e. The van der Waals surface area contributed by atoms with Crippen LogP contribution < -0.4 is 11.1 Å². The summed E-state index contributed by atoms with van der Waals surface area (Å²) in [6.45, 7) is 9.72. The topological polar surface area (TPSA) is 58.4 Å². The first-order chi connectivity index (χ1) is 9.60. The number of nitrogens with one attached hydrogen (secondary N) is 1. The van der Waals surface area contributed by atoms with Gasteiger partial charge in [-0.1, -0.05) is 32.9 Å². The molecule has 4 nitrogen and oxygen atoms in total. The lowest BCUT2D eigenvalue weighted by molar-refractivity contribution is -0.119. The van der Waals surface area contributed by atoms with Gasteiger partial charge in [-0.3, -0.25) is 9.69 Å². The third kappa shape index (κ3) is 5.31. The number of rotatable bonds is 8. The zero-order valence-electron chi connectivity index (χ0n) is 12.9. The molecule has 3 N–H and O–H groups in total. The Hall–Kier alpha value is -1.39. The molecule has 0 heterocycles. The standard InChI is InChI=1S/C16H27N3O/c1-4-19(5-2)12-14-7-6-8-15(11-14)18-16(20)13(3)9-10-17/h6-8,11,13H,4-5,9-10,12,17H2,1-3H3,(H,18,20). The molecule has 1 aromatic carbocycles. The van der Waals surface area contributed by atoms with Gasteiger partial charge in [-0.15, -0.1) is 0 Å². The van der Waals surface area contributed by atoms with E-state index in [0.29, 0.717) is 13.0 Å². The van der Waals surface area contributed by atoms with Crippen LogP contribution in [0.3, 0.4) is 0 Å². The van der Waals surface area contributed by atoms with Gasteiger partial charge in [-0.25, -0.2) is 0 Å². The van der Waals surface area contributed by atoms with Crippen molar-refractivity contribution in [3.8, 4) is 0 Å². The Kier molecular flexibility index (Phi) is 7.26. The van der Waals surface area contributed by atoms with E-state index in [0.717, 1.165) is 25.3 Å².